The second-order valence-electron chi connectivity index (χ2n) is 7.27. The molecule has 2 bridgehead atoms. The van der Waals surface area contributed by atoms with Crippen molar-refractivity contribution in [3.8, 4) is 5.75 Å². The number of hydrogen-bond acceptors (Lipinski definition) is 4. The number of ether oxygens (including phenoxy) is 1. The first-order valence-corrected chi connectivity index (χ1v) is 7.64. The zero-order valence-electron chi connectivity index (χ0n) is 13.2. The molecule has 120 valence electrons. The van der Waals surface area contributed by atoms with Crippen LogP contribution >= 0.6 is 0 Å². The van der Waals surface area contributed by atoms with E-state index >= 15 is 0 Å². The van der Waals surface area contributed by atoms with Crippen LogP contribution in [0.15, 0.2) is 16.9 Å². The normalized spacial score (nSPS) is 23.9. The molecule has 1 aromatic rings. The van der Waals surface area contributed by atoms with E-state index in [9.17, 15) is 14.7 Å². The van der Waals surface area contributed by atoms with Crippen LogP contribution in [0.3, 0.4) is 0 Å². The highest BCUT2D eigenvalue weighted by Gasteiger charge is 2.37. The minimum atomic E-state index is -0.517. The largest absolute Gasteiger partial charge is 0.508 e. The van der Waals surface area contributed by atoms with Crippen LogP contribution < -0.4 is 5.56 Å². The summed E-state index contributed by atoms with van der Waals surface area (Å²) in [6.07, 6.45) is 0.625. The van der Waals surface area contributed by atoms with Crippen molar-refractivity contribution >= 4 is 6.09 Å². The zero-order valence-corrected chi connectivity index (χ0v) is 13.2. The number of rotatable bonds is 0. The van der Waals surface area contributed by atoms with E-state index in [0.29, 0.717) is 19.6 Å². The summed E-state index contributed by atoms with van der Waals surface area (Å²) in [5.41, 5.74) is 0.126. The van der Waals surface area contributed by atoms with Gasteiger partial charge in [0.05, 0.1) is 0 Å². The Balaban J connectivity index is 1.85. The summed E-state index contributed by atoms with van der Waals surface area (Å²) in [5.74, 6) is 0.310. The number of pyridine rings is 1. The van der Waals surface area contributed by atoms with Gasteiger partial charge in [-0.3, -0.25) is 4.79 Å². The van der Waals surface area contributed by atoms with Crippen molar-refractivity contribution in [2.75, 3.05) is 13.1 Å². The fourth-order valence-corrected chi connectivity index (χ4v) is 3.42. The van der Waals surface area contributed by atoms with Crippen LogP contribution in [-0.4, -0.2) is 39.4 Å². The van der Waals surface area contributed by atoms with Crippen molar-refractivity contribution in [2.45, 2.75) is 45.3 Å². The average molecular weight is 306 g/mol. The van der Waals surface area contributed by atoms with E-state index < -0.39 is 5.60 Å². The lowest BCUT2D eigenvalue weighted by Crippen LogP contribution is -2.50. The Morgan fingerprint density at radius 2 is 2.00 bits per heavy atom. The van der Waals surface area contributed by atoms with Crippen molar-refractivity contribution in [3.05, 3.63) is 28.2 Å². The molecule has 1 amide bonds. The van der Waals surface area contributed by atoms with Crippen LogP contribution in [0.5, 0.6) is 5.75 Å². The minimum Gasteiger partial charge on any atom is -0.508 e. The summed E-state index contributed by atoms with van der Waals surface area (Å²) in [4.78, 5) is 26.0. The number of piperidine rings is 1. The van der Waals surface area contributed by atoms with Gasteiger partial charge in [0.15, 0.2) is 0 Å². The highest BCUT2D eigenvalue weighted by atomic mass is 16.6. The number of likely N-dealkylation sites (tertiary alicyclic amines) is 1. The van der Waals surface area contributed by atoms with Gasteiger partial charge < -0.3 is 19.3 Å². The predicted octanol–water partition coefficient (Wildman–Crippen LogP) is 1.91. The van der Waals surface area contributed by atoms with Gasteiger partial charge in [0.1, 0.15) is 11.4 Å². The third kappa shape index (κ3) is 2.82. The molecular formula is C16H22N2O4. The summed E-state index contributed by atoms with van der Waals surface area (Å²) in [7, 11) is 0. The van der Waals surface area contributed by atoms with E-state index in [1.165, 1.54) is 6.07 Å². The molecule has 0 aromatic carbocycles. The van der Waals surface area contributed by atoms with Gasteiger partial charge >= 0.3 is 6.09 Å². The summed E-state index contributed by atoms with van der Waals surface area (Å²) in [5, 5.41) is 9.68. The first-order chi connectivity index (χ1) is 10.2. The highest BCUT2D eigenvalue weighted by Crippen LogP contribution is 2.36. The van der Waals surface area contributed by atoms with Crippen LogP contribution in [0, 0.1) is 5.92 Å². The lowest BCUT2D eigenvalue weighted by Gasteiger charge is -2.42. The molecule has 0 radical (unpaired) electrons. The Bertz CT molecular complexity index is 659. The van der Waals surface area contributed by atoms with Gasteiger partial charge in [-0.25, -0.2) is 4.79 Å². The van der Waals surface area contributed by atoms with Gasteiger partial charge in [-0.15, -0.1) is 0 Å². The molecule has 3 heterocycles. The third-order valence-electron chi connectivity index (χ3n) is 4.19. The Labute approximate surface area is 129 Å². The Kier molecular flexibility index (Phi) is 3.42. The Morgan fingerprint density at radius 3 is 2.68 bits per heavy atom. The second-order valence-corrected chi connectivity index (χ2v) is 7.27. The lowest BCUT2D eigenvalue weighted by atomic mass is 9.83. The Morgan fingerprint density at radius 1 is 1.27 bits per heavy atom. The predicted molar refractivity (Wildman–Crippen MR) is 81.0 cm³/mol. The van der Waals surface area contributed by atoms with Gasteiger partial charge in [-0.2, -0.15) is 0 Å². The molecule has 1 fully saturated rings. The number of carbonyl (C=O) groups excluding carboxylic acids is 1. The van der Waals surface area contributed by atoms with Crippen molar-refractivity contribution in [1.82, 2.24) is 9.47 Å². The van der Waals surface area contributed by atoms with Gasteiger partial charge in [0.25, 0.3) is 5.56 Å². The van der Waals surface area contributed by atoms with Crippen LogP contribution in [-0.2, 0) is 11.3 Å². The third-order valence-corrected chi connectivity index (χ3v) is 4.19. The molecule has 1 saturated heterocycles. The molecule has 6 heteroatoms. The molecule has 3 rings (SSSR count). The maximum Gasteiger partial charge on any atom is 0.410 e. The van der Waals surface area contributed by atoms with Crippen LogP contribution in [0.2, 0.25) is 0 Å². The van der Waals surface area contributed by atoms with Crippen LogP contribution in [0.25, 0.3) is 0 Å². The molecule has 2 aliphatic rings. The van der Waals surface area contributed by atoms with E-state index in [2.05, 4.69) is 0 Å². The van der Waals surface area contributed by atoms with E-state index in [4.69, 9.17) is 4.74 Å². The SMILES string of the molecule is CC(C)(C)OC(=O)N1CC2C[C@@H](C1)c1cc(O)cc(=O)n1C2. The molecule has 1 unspecified atom stereocenters. The molecule has 1 N–H and O–H groups in total. The monoisotopic (exact) mass is 306 g/mol. The van der Waals surface area contributed by atoms with E-state index in [1.807, 2.05) is 20.8 Å². The van der Waals surface area contributed by atoms with Gasteiger partial charge in [-0.1, -0.05) is 0 Å². The minimum absolute atomic E-state index is 0.0101. The smallest absolute Gasteiger partial charge is 0.410 e. The summed E-state index contributed by atoms with van der Waals surface area (Å²) in [6, 6.07) is 2.89. The number of aromatic hydroxyl groups is 1. The van der Waals surface area contributed by atoms with Gasteiger partial charge in [0.2, 0.25) is 0 Å². The van der Waals surface area contributed by atoms with Gasteiger partial charge in [0, 0.05) is 43.4 Å². The molecule has 2 atom stereocenters. The summed E-state index contributed by atoms with van der Waals surface area (Å²) in [6.45, 7) is 7.27. The second kappa shape index (κ2) is 5.04. The average Bonchev–Trinajstić information content (AvgIpc) is 2.38. The van der Waals surface area contributed by atoms with Crippen molar-refractivity contribution < 1.29 is 14.6 Å². The first-order valence-electron chi connectivity index (χ1n) is 7.64. The number of fused-ring (bicyclic) bond motifs is 4. The van der Waals surface area contributed by atoms with Gasteiger partial charge in [-0.05, 0) is 33.1 Å². The topological polar surface area (TPSA) is 71.8 Å². The highest BCUT2D eigenvalue weighted by molar-refractivity contribution is 5.68. The number of aromatic nitrogens is 1. The Hall–Kier alpha value is -1.98. The molecule has 1 aromatic heterocycles. The number of nitrogens with zero attached hydrogens (tertiary/aromatic N) is 2. The molecule has 6 nitrogen and oxygen atoms in total. The molecule has 0 saturated carbocycles. The zero-order chi connectivity index (χ0) is 16.1. The number of carbonyl (C=O) groups is 1. The van der Waals surface area contributed by atoms with Crippen molar-refractivity contribution in [2.24, 2.45) is 5.92 Å². The van der Waals surface area contributed by atoms with E-state index in [1.54, 1.807) is 15.5 Å². The maximum atomic E-state index is 12.3. The summed E-state index contributed by atoms with van der Waals surface area (Å²) < 4.78 is 7.17. The van der Waals surface area contributed by atoms with E-state index in [-0.39, 0.29) is 29.2 Å². The lowest BCUT2D eigenvalue weighted by molar-refractivity contribution is 0.0102. The van der Waals surface area contributed by atoms with E-state index in [0.717, 1.165) is 12.1 Å². The molecule has 0 aliphatic carbocycles. The fraction of sp³-hybridized carbons (Fsp3) is 0.625. The quantitative estimate of drug-likeness (QED) is 0.795. The standard InChI is InChI=1S/C16H22N2O4/c1-16(2,3)22-15(21)17-7-10-4-11(9-17)13-5-12(19)6-14(20)18(13)8-10/h5-6,10-11,19H,4,7-9H2,1-3H3/t10?,11-/m0/s1. The summed E-state index contributed by atoms with van der Waals surface area (Å²) >= 11 is 0. The number of hydrogen-bond donors (Lipinski definition) is 1. The first kappa shape index (κ1) is 14.9. The van der Waals surface area contributed by atoms with Crippen molar-refractivity contribution in [1.29, 1.82) is 0 Å². The number of amides is 1. The van der Waals surface area contributed by atoms with Crippen LogP contribution in [0.4, 0.5) is 4.79 Å². The van der Waals surface area contributed by atoms with Crippen LogP contribution in [0.1, 0.15) is 38.8 Å². The fourth-order valence-electron chi connectivity index (χ4n) is 3.42. The molecule has 2 aliphatic heterocycles. The molecule has 22 heavy (non-hydrogen) atoms. The maximum absolute atomic E-state index is 12.3. The molecular weight excluding hydrogens is 284 g/mol. The van der Waals surface area contributed by atoms with Crippen molar-refractivity contribution in [3.63, 3.8) is 0 Å². The molecule has 0 spiro atoms.